The number of benzene rings is 2. The number of rotatable bonds is 7. The molecule has 1 aromatic heterocycles. The van der Waals surface area contributed by atoms with Crippen LogP contribution in [-0.4, -0.2) is 79.6 Å². The van der Waals surface area contributed by atoms with Gasteiger partial charge in [-0.2, -0.15) is 5.10 Å². The molecule has 208 valence electrons. The van der Waals surface area contributed by atoms with E-state index in [9.17, 15) is 22.3 Å². The number of piperidine rings is 1. The Balaban J connectivity index is 1.54. The summed E-state index contributed by atoms with van der Waals surface area (Å²) in [6, 6.07) is 14.5. The van der Waals surface area contributed by atoms with E-state index in [4.69, 9.17) is 9.84 Å². The summed E-state index contributed by atoms with van der Waals surface area (Å²) in [7, 11) is 0. The summed E-state index contributed by atoms with van der Waals surface area (Å²) in [4.78, 5) is 17.6. The lowest BCUT2D eigenvalue weighted by atomic mass is 10.0. The number of likely N-dealkylation sites (tertiary alicyclic amines) is 1. The van der Waals surface area contributed by atoms with E-state index in [0.717, 1.165) is 5.56 Å². The highest BCUT2D eigenvalue weighted by Crippen LogP contribution is 2.34. The summed E-state index contributed by atoms with van der Waals surface area (Å²) >= 11 is -2.25. The van der Waals surface area contributed by atoms with Crippen molar-refractivity contribution < 1.29 is 27.1 Å². The first-order chi connectivity index (χ1) is 18.8. The fourth-order valence-electron chi connectivity index (χ4n) is 5.19. The SMILES string of the molecule is CCc1c(C(=O)N2CCOCC2)nn(-c2ccc(CN3CCC(F)(F)CC3)cc2)c1-c1ccccc1S(=O)O. The van der Waals surface area contributed by atoms with Gasteiger partial charge in [0, 0.05) is 56.7 Å². The van der Waals surface area contributed by atoms with Crippen LogP contribution in [0.1, 0.15) is 41.4 Å². The minimum Gasteiger partial charge on any atom is -0.378 e. The van der Waals surface area contributed by atoms with E-state index in [-0.39, 0.29) is 23.6 Å². The maximum atomic E-state index is 13.6. The molecule has 3 aromatic rings. The van der Waals surface area contributed by atoms with Crippen LogP contribution >= 0.6 is 0 Å². The van der Waals surface area contributed by atoms with E-state index in [2.05, 4.69) is 0 Å². The van der Waals surface area contributed by atoms with Crippen molar-refractivity contribution in [3.8, 4) is 16.9 Å². The van der Waals surface area contributed by atoms with Gasteiger partial charge in [0.2, 0.25) is 0 Å². The normalized spacial score (nSPS) is 18.7. The third-order valence-corrected chi connectivity index (χ3v) is 8.08. The minimum absolute atomic E-state index is 0.132. The second-order valence-electron chi connectivity index (χ2n) is 9.89. The molecule has 1 N–H and O–H groups in total. The number of ether oxygens (including phenoxy) is 1. The molecule has 2 fully saturated rings. The van der Waals surface area contributed by atoms with E-state index < -0.39 is 17.0 Å². The van der Waals surface area contributed by atoms with Gasteiger partial charge in [-0.05, 0) is 30.2 Å². The van der Waals surface area contributed by atoms with Crippen LogP contribution in [0.2, 0.25) is 0 Å². The zero-order chi connectivity index (χ0) is 27.6. The highest BCUT2D eigenvalue weighted by atomic mass is 32.2. The van der Waals surface area contributed by atoms with Crippen molar-refractivity contribution in [2.24, 2.45) is 0 Å². The summed E-state index contributed by atoms with van der Waals surface area (Å²) in [5.41, 5.74) is 3.80. The number of halogens is 2. The molecule has 1 amide bonds. The molecule has 0 aliphatic carbocycles. The number of amides is 1. The van der Waals surface area contributed by atoms with Gasteiger partial charge in [0.05, 0.1) is 29.5 Å². The van der Waals surface area contributed by atoms with E-state index in [1.807, 2.05) is 36.1 Å². The van der Waals surface area contributed by atoms with Crippen LogP contribution in [0.15, 0.2) is 53.4 Å². The monoisotopic (exact) mass is 558 g/mol. The number of hydrogen-bond acceptors (Lipinski definition) is 5. The molecule has 3 heterocycles. The largest absolute Gasteiger partial charge is 0.378 e. The van der Waals surface area contributed by atoms with Crippen LogP contribution in [0.4, 0.5) is 8.78 Å². The van der Waals surface area contributed by atoms with Gasteiger partial charge in [-0.25, -0.2) is 17.7 Å². The standard InChI is InChI=1S/C28H32F2N4O4S/c1-2-22-25(27(35)33-15-17-38-18-16-33)31-34(26(22)23-5-3-4-6-24(23)39(36)37)21-9-7-20(8-10-21)19-32-13-11-28(29,30)12-14-32/h3-10H,2,11-19H2,1H3,(H,36,37). The van der Waals surface area contributed by atoms with Crippen molar-refractivity contribution in [2.75, 3.05) is 39.4 Å². The molecule has 5 rings (SSSR count). The molecule has 0 saturated carbocycles. The molecule has 0 bridgehead atoms. The maximum Gasteiger partial charge on any atom is 0.274 e. The molecule has 2 saturated heterocycles. The number of hydrogen-bond donors (Lipinski definition) is 1. The maximum absolute atomic E-state index is 13.6. The van der Waals surface area contributed by atoms with Gasteiger partial charge in [0.1, 0.15) is 0 Å². The molecule has 2 aliphatic rings. The molecular weight excluding hydrogens is 526 g/mol. The summed E-state index contributed by atoms with van der Waals surface area (Å²) < 4.78 is 56.5. The molecule has 1 unspecified atom stereocenters. The fraction of sp³-hybridized carbons (Fsp3) is 0.429. The van der Waals surface area contributed by atoms with Crippen molar-refractivity contribution in [3.63, 3.8) is 0 Å². The third-order valence-electron chi connectivity index (χ3n) is 7.34. The molecule has 1 atom stereocenters. The van der Waals surface area contributed by atoms with Crippen LogP contribution in [-0.2, 0) is 28.8 Å². The van der Waals surface area contributed by atoms with Crippen LogP contribution in [0.25, 0.3) is 16.9 Å². The number of morpholine rings is 1. The predicted octanol–water partition coefficient (Wildman–Crippen LogP) is 4.39. The summed E-state index contributed by atoms with van der Waals surface area (Å²) in [6.07, 6.45) is 0.227. The number of carbonyl (C=O) groups excluding carboxylic acids is 1. The number of carbonyl (C=O) groups is 1. The van der Waals surface area contributed by atoms with Gasteiger partial charge >= 0.3 is 0 Å². The molecule has 0 radical (unpaired) electrons. The van der Waals surface area contributed by atoms with E-state index in [1.165, 1.54) is 0 Å². The molecule has 8 nitrogen and oxygen atoms in total. The first kappa shape index (κ1) is 27.6. The number of alkyl halides is 2. The van der Waals surface area contributed by atoms with Crippen LogP contribution in [0.5, 0.6) is 0 Å². The van der Waals surface area contributed by atoms with Gasteiger partial charge in [0.15, 0.2) is 16.8 Å². The first-order valence-electron chi connectivity index (χ1n) is 13.2. The van der Waals surface area contributed by atoms with Crippen LogP contribution < -0.4 is 0 Å². The number of nitrogens with zero attached hydrogens (tertiary/aromatic N) is 4. The Morgan fingerprint density at radius 1 is 1.05 bits per heavy atom. The zero-order valence-corrected chi connectivity index (χ0v) is 22.6. The molecule has 0 spiro atoms. The highest BCUT2D eigenvalue weighted by Gasteiger charge is 2.34. The van der Waals surface area contributed by atoms with Gasteiger partial charge in [-0.3, -0.25) is 9.69 Å². The van der Waals surface area contributed by atoms with E-state index in [1.54, 1.807) is 33.8 Å². The average Bonchev–Trinajstić information content (AvgIpc) is 3.34. The molecule has 39 heavy (non-hydrogen) atoms. The topological polar surface area (TPSA) is 87.9 Å². The lowest BCUT2D eigenvalue weighted by Gasteiger charge is -2.31. The molecule has 11 heteroatoms. The Labute approximate surface area is 228 Å². The van der Waals surface area contributed by atoms with Gasteiger partial charge in [0.25, 0.3) is 11.8 Å². The Morgan fingerprint density at radius 2 is 1.72 bits per heavy atom. The lowest BCUT2D eigenvalue weighted by Crippen LogP contribution is -2.41. The summed E-state index contributed by atoms with van der Waals surface area (Å²) in [5.74, 6) is -2.78. The Kier molecular flexibility index (Phi) is 8.22. The quantitative estimate of drug-likeness (QED) is 0.433. The second kappa shape index (κ2) is 11.6. The number of aromatic nitrogens is 2. The highest BCUT2D eigenvalue weighted by molar-refractivity contribution is 7.79. The van der Waals surface area contributed by atoms with Crippen molar-refractivity contribution in [3.05, 3.63) is 65.4 Å². The smallest absolute Gasteiger partial charge is 0.274 e. The fourth-order valence-corrected chi connectivity index (χ4v) is 5.74. The average molecular weight is 559 g/mol. The predicted molar refractivity (Wildman–Crippen MR) is 144 cm³/mol. The lowest BCUT2D eigenvalue weighted by molar-refractivity contribution is -0.0566. The van der Waals surface area contributed by atoms with Crippen LogP contribution in [0.3, 0.4) is 0 Å². The van der Waals surface area contributed by atoms with Gasteiger partial charge < -0.3 is 14.2 Å². The van der Waals surface area contributed by atoms with Gasteiger partial charge in [-0.1, -0.05) is 37.3 Å². The van der Waals surface area contributed by atoms with E-state index >= 15 is 0 Å². The first-order valence-corrected chi connectivity index (χ1v) is 14.3. The van der Waals surface area contributed by atoms with Crippen molar-refractivity contribution >= 4 is 17.0 Å². The second-order valence-corrected chi connectivity index (χ2v) is 10.8. The third kappa shape index (κ3) is 5.96. The van der Waals surface area contributed by atoms with Crippen molar-refractivity contribution in [2.45, 2.75) is 43.5 Å². The van der Waals surface area contributed by atoms with Crippen molar-refractivity contribution in [1.82, 2.24) is 19.6 Å². The Bertz CT molecular complexity index is 1350. The Morgan fingerprint density at radius 3 is 2.36 bits per heavy atom. The molecular formula is C28H32F2N4O4S. The molecule has 2 aromatic carbocycles. The zero-order valence-electron chi connectivity index (χ0n) is 21.8. The summed E-state index contributed by atoms with van der Waals surface area (Å²) in [5, 5.41) is 4.77. The minimum atomic E-state index is -2.58. The summed E-state index contributed by atoms with van der Waals surface area (Å²) in [6.45, 7) is 5.06. The van der Waals surface area contributed by atoms with Crippen molar-refractivity contribution in [1.29, 1.82) is 0 Å². The van der Waals surface area contributed by atoms with E-state index in [0.29, 0.717) is 80.6 Å². The van der Waals surface area contributed by atoms with Gasteiger partial charge in [-0.15, -0.1) is 0 Å². The van der Waals surface area contributed by atoms with Crippen LogP contribution in [0, 0.1) is 0 Å². The Hall–Kier alpha value is -2.99. The molecule has 2 aliphatic heterocycles.